The highest BCUT2D eigenvalue weighted by atomic mass is 16.6. The first-order chi connectivity index (χ1) is 7.36. The number of rotatable bonds is 3. The van der Waals surface area contributed by atoms with E-state index in [4.69, 9.17) is 10.5 Å². The summed E-state index contributed by atoms with van der Waals surface area (Å²) in [5.41, 5.74) is 3.76. The van der Waals surface area contributed by atoms with Crippen molar-refractivity contribution in [1.29, 1.82) is 0 Å². The van der Waals surface area contributed by atoms with Gasteiger partial charge in [-0.2, -0.15) is 0 Å². The molecule has 0 aromatic heterocycles. The van der Waals surface area contributed by atoms with Crippen LogP contribution in [0.3, 0.4) is 0 Å². The molecule has 94 valence electrons. The molecule has 4 heteroatoms. The Morgan fingerprint density at radius 2 is 2.06 bits per heavy atom. The van der Waals surface area contributed by atoms with Crippen molar-refractivity contribution in [2.45, 2.75) is 51.7 Å². The molecular weight excluding hydrogens is 206 g/mol. The van der Waals surface area contributed by atoms with Gasteiger partial charge in [-0.15, -0.1) is 0 Å². The van der Waals surface area contributed by atoms with Crippen molar-refractivity contribution in [1.82, 2.24) is 0 Å². The van der Waals surface area contributed by atoms with Gasteiger partial charge < -0.3 is 15.6 Å². The van der Waals surface area contributed by atoms with Crippen LogP contribution in [0.5, 0.6) is 0 Å². The summed E-state index contributed by atoms with van der Waals surface area (Å²) in [7, 11) is 0. The van der Waals surface area contributed by atoms with Gasteiger partial charge in [0, 0.05) is 6.54 Å². The van der Waals surface area contributed by atoms with E-state index in [1.54, 1.807) is 0 Å². The van der Waals surface area contributed by atoms with Crippen molar-refractivity contribution < 1.29 is 14.6 Å². The number of aliphatic hydroxyl groups is 1. The van der Waals surface area contributed by atoms with E-state index in [9.17, 15) is 9.90 Å². The maximum absolute atomic E-state index is 11.6. The summed E-state index contributed by atoms with van der Waals surface area (Å²) in [5, 5.41) is 9.64. The van der Waals surface area contributed by atoms with Crippen molar-refractivity contribution in [2.75, 3.05) is 6.54 Å². The number of carbonyl (C=O) groups is 1. The van der Waals surface area contributed by atoms with Crippen molar-refractivity contribution in [3.05, 3.63) is 0 Å². The predicted octanol–water partition coefficient (Wildman–Crippen LogP) is 1.06. The Balaban J connectivity index is 2.47. The summed E-state index contributed by atoms with van der Waals surface area (Å²) in [5.74, 6) is 0.654. The summed E-state index contributed by atoms with van der Waals surface area (Å²) in [6.45, 7) is 5.68. The molecule has 0 aromatic carbocycles. The molecule has 1 saturated carbocycles. The molecule has 1 fully saturated rings. The summed E-state index contributed by atoms with van der Waals surface area (Å²) < 4.78 is 5.30. The molecule has 16 heavy (non-hydrogen) atoms. The smallest absolute Gasteiger partial charge is 0.339 e. The lowest BCUT2D eigenvalue weighted by Crippen LogP contribution is -2.46. The molecule has 0 saturated heterocycles. The van der Waals surface area contributed by atoms with Gasteiger partial charge >= 0.3 is 5.97 Å². The van der Waals surface area contributed by atoms with Gasteiger partial charge in [-0.25, -0.2) is 4.79 Å². The van der Waals surface area contributed by atoms with Crippen LogP contribution in [-0.4, -0.2) is 29.3 Å². The zero-order valence-corrected chi connectivity index (χ0v) is 10.4. The predicted molar refractivity (Wildman–Crippen MR) is 61.7 cm³/mol. The van der Waals surface area contributed by atoms with Gasteiger partial charge in [0.05, 0.1) is 0 Å². The summed E-state index contributed by atoms with van der Waals surface area (Å²) >= 11 is 0. The van der Waals surface area contributed by atoms with Crippen LogP contribution in [0, 0.1) is 11.8 Å². The number of nitrogens with two attached hydrogens (primary N) is 1. The third-order valence-corrected chi connectivity index (χ3v) is 3.66. The summed E-state index contributed by atoms with van der Waals surface area (Å²) in [6.07, 6.45) is 2.78. The number of hydrogen-bond acceptors (Lipinski definition) is 4. The lowest BCUT2D eigenvalue weighted by atomic mass is 9.80. The molecule has 1 aliphatic carbocycles. The fourth-order valence-corrected chi connectivity index (χ4v) is 1.97. The molecule has 0 radical (unpaired) electrons. The van der Waals surface area contributed by atoms with E-state index in [2.05, 4.69) is 13.8 Å². The zero-order chi connectivity index (χ0) is 12.3. The van der Waals surface area contributed by atoms with Gasteiger partial charge in [0.15, 0.2) is 5.60 Å². The van der Waals surface area contributed by atoms with E-state index < -0.39 is 11.6 Å². The highest BCUT2D eigenvalue weighted by molar-refractivity contribution is 5.79. The SMILES string of the molecule is CC1CCC(OC(=O)C(C)(O)CN)CC1C. The lowest BCUT2D eigenvalue weighted by molar-refractivity contribution is -0.171. The minimum Gasteiger partial charge on any atom is -0.460 e. The van der Waals surface area contributed by atoms with Gasteiger partial charge in [-0.05, 0) is 38.0 Å². The molecule has 0 heterocycles. The van der Waals surface area contributed by atoms with Crippen LogP contribution in [0.4, 0.5) is 0 Å². The first-order valence-electron chi connectivity index (χ1n) is 6.00. The van der Waals surface area contributed by atoms with E-state index in [0.717, 1.165) is 19.3 Å². The zero-order valence-electron chi connectivity index (χ0n) is 10.4. The van der Waals surface area contributed by atoms with Crippen LogP contribution >= 0.6 is 0 Å². The highest BCUT2D eigenvalue weighted by Crippen LogP contribution is 2.31. The van der Waals surface area contributed by atoms with E-state index in [0.29, 0.717) is 11.8 Å². The lowest BCUT2D eigenvalue weighted by Gasteiger charge is -2.33. The molecule has 4 unspecified atom stereocenters. The average Bonchev–Trinajstić information content (AvgIpc) is 2.23. The summed E-state index contributed by atoms with van der Waals surface area (Å²) in [4.78, 5) is 11.6. The number of hydrogen-bond donors (Lipinski definition) is 2. The second-order valence-corrected chi connectivity index (χ2v) is 5.27. The molecule has 4 nitrogen and oxygen atoms in total. The average molecular weight is 229 g/mol. The Morgan fingerprint density at radius 3 is 2.56 bits per heavy atom. The largest absolute Gasteiger partial charge is 0.460 e. The molecule has 1 rings (SSSR count). The Kier molecular flexibility index (Phi) is 4.33. The first kappa shape index (κ1) is 13.5. The fourth-order valence-electron chi connectivity index (χ4n) is 1.97. The van der Waals surface area contributed by atoms with Crippen LogP contribution in [0.2, 0.25) is 0 Å². The molecule has 0 bridgehead atoms. The van der Waals surface area contributed by atoms with E-state index >= 15 is 0 Å². The van der Waals surface area contributed by atoms with E-state index in [-0.39, 0.29) is 12.6 Å². The Bertz CT molecular complexity index is 253. The number of esters is 1. The third-order valence-electron chi connectivity index (χ3n) is 3.66. The minimum absolute atomic E-state index is 0.0586. The molecule has 3 N–H and O–H groups in total. The van der Waals surface area contributed by atoms with Crippen molar-refractivity contribution >= 4 is 5.97 Å². The summed E-state index contributed by atoms with van der Waals surface area (Å²) in [6, 6.07) is 0. The van der Waals surface area contributed by atoms with Gasteiger partial charge in [0.25, 0.3) is 0 Å². The minimum atomic E-state index is -1.55. The molecular formula is C12H23NO3. The topological polar surface area (TPSA) is 72.5 Å². The fraction of sp³-hybridized carbons (Fsp3) is 0.917. The van der Waals surface area contributed by atoms with Crippen LogP contribution in [0.1, 0.15) is 40.0 Å². The molecule has 1 aliphatic rings. The number of ether oxygens (including phenoxy) is 1. The van der Waals surface area contributed by atoms with Crippen LogP contribution in [-0.2, 0) is 9.53 Å². The highest BCUT2D eigenvalue weighted by Gasteiger charge is 2.34. The second-order valence-electron chi connectivity index (χ2n) is 5.27. The van der Waals surface area contributed by atoms with Crippen molar-refractivity contribution in [2.24, 2.45) is 17.6 Å². The Labute approximate surface area is 97.2 Å². The second kappa shape index (κ2) is 5.15. The van der Waals surface area contributed by atoms with Crippen LogP contribution in [0.25, 0.3) is 0 Å². The van der Waals surface area contributed by atoms with Gasteiger partial charge in [-0.3, -0.25) is 0 Å². The van der Waals surface area contributed by atoms with Gasteiger partial charge in [0.2, 0.25) is 0 Å². The normalized spacial score (nSPS) is 34.2. The Morgan fingerprint density at radius 1 is 1.44 bits per heavy atom. The first-order valence-corrected chi connectivity index (χ1v) is 6.00. The van der Waals surface area contributed by atoms with Crippen LogP contribution < -0.4 is 5.73 Å². The molecule has 0 spiro atoms. The molecule has 4 atom stereocenters. The maximum atomic E-state index is 11.6. The molecule has 0 amide bonds. The molecule has 0 aliphatic heterocycles. The van der Waals surface area contributed by atoms with E-state index in [1.165, 1.54) is 6.92 Å². The monoisotopic (exact) mass is 229 g/mol. The van der Waals surface area contributed by atoms with Gasteiger partial charge in [-0.1, -0.05) is 13.8 Å². The number of carbonyl (C=O) groups excluding carboxylic acids is 1. The quantitative estimate of drug-likeness (QED) is 0.710. The molecule has 0 aromatic rings. The maximum Gasteiger partial charge on any atom is 0.339 e. The third kappa shape index (κ3) is 3.19. The van der Waals surface area contributed by atoms with Gasteiger partial charge in [0.1, 0.15) is 6.10 Å². The van der Waals surface area contributed by atoms with Crippen molar-refractivity contribution in [3.63, 3.8) is 0 Å². The van der Waals surface area contributed by atoms with Crippen LogP contribution in [0.15, 0.2) is 0 Å². The standard InChI is InChI=1S/C12H23NO3/c1-8-4-5-10(6-9(8)2)16-11(14)12(3,15)7-13/h8-10,15H,4-7,13H2,1-3H3. The van der Waals surface area contributed by atoms with Crippen molar-refractivity contribution in [3.8, 4) is 0 Å². The van der Waals surface area contributed by atoms with E-state index in [1.807, 2.05) is 0 Å². The Hall–Kier alpha value is -0.610.